The van der Waals surface area contributed by atoms with E-state index in [0.29, 0.717) is 19.6 Å². The molecule has 0 radical (unpaired) electrons. The van der Waals surface area contributed by atoms with Crippen LogP contribution in [0.4, 0.5) is 0 Å². The summed E-state index contributed by atoms with van der Waals surface area (Å²) >= 11 is 1.62. The molecule has 1 fully saturated rings. The molecule has 0 spiro atoms. The van der Waals surface area contributed by atoms with Crippen LogP contribution in [0.2, 0.25) is 0 Å². The number of carbonyl (C=O) groups excluding carboxylic acids is 1. The molecule has 5 nitrogen and oxygen atoms in total. The second kappa shape index (κ2) is 7.00. The summed E-state index contributed by atoms with van der Waals surface area (Å²) in [4.78, 5) is 17.8. The molecule has 2 N–H and O–H groups in total. The van der Waals surface area contributed by atoms with Gasteiger partial charge in [-0.05, 0) is 0 Å². The van der Waals surface area contributed by atoms with Gasteiger partial charge in [-0.3, -0.25) is 9.69 Å². The maximum absolute atomic E-state index is 10.9. The van der Waals surface area contributed by atoms with Crippen molar-refractivity contribution in [3.63, 3.8) is 0 Å². The van der Waals surface area contributed by atoms with Crippen molar-refractivity contribution in [2.45, 2.75) is 12.5 Å². The highest BCUT2D eigenvalue weighted by atomic mass is 32.1. The van der Waals surface area contributed by atoms with Gasteiger partial charge in [-0.25, -0.2) is 4.98 Å². The van der Waals surface area contributed by atoms with Crippen molar-refractivity contribution >= 4 is 17.2 Å². The predicted octanol–water partition coefficient (Wildman–Crippen LogP) is 2.06. The van der Waals surface area contributed by atoms with E-state index in [1.165, 1.54) is 0 Å². The zero-order valence-electron chi connectivity index (χ0n) is 12.3. The van der Waals surface area contributed by atoms with Crippen LogP contribution in [0, 0.1) is 0 Å². The van der Waals surface area contributed by atoms with E-state index in [2.05, 4.69) is 22.4 Å². The molecule has 0 bridgehead atoms. The Morgan fingerprint density at radius 2 is 2.23 bits per heavy atom. The molecular formula is C16H19N3O2S. The number of amides is 1. The minimum Gasteiger partial charge on any atom is -0.370 e. The van der Waals surface area contributed by atoms with E-state index >= 15 is 0 Å². The highest BCUT2D eigenvalue weighted by Crippen LogP contribution is 2.29. The molecule has 1 unspecified atom stereocenters. The van der Waals surface area contributed by atoms with Crippen molar-refractivity contribution < 1.29 is 9.53 Å². The molecule has 1 aromatic heterocycles. The summed E-state index contributed by atoms with van der Waals surface area (Å²) in [7, 11) is 0. The summed E-state index contributed by atoms with van der Waals surface area (Å²) in [5, 5.41) is 3.05. The molecular weight excluding hydrogens is 298 g/mol. The molecule has 1 saturated heterocycles. The van der Waals surface area contributed by atoms with Gasteiger partial charge in [-0.1, -0.05) is 30.3 Å². The van der Waals surface area contributed by atoms with Gasteiger partial charge in [-0.15, -0.1) is 11.3 Å². The van der Waals surface area contributed by atoms with Gasteiger partial charge in [0.15, 0.2) is 0 Å². The molecule has 1 aromatic carbocycles. The Balaban J connectivity index is 1.66. The van der Waals surface area contributed by atoms with Gasteiger partial charge in [0, 0.05) is 37.0 Å². The highest BCUT2D eigenvalue weighted by Gasteiger charge is 2.24. The summed E-state index contributed by atoms with van der Waals surface area (Å²) in [5.41, 5.74) is 7.32. The second-order valence-corrected chi connectivity index (χ2v) is 6.20. The van der Waals surface area contributed by atoms with Crippen molar-refractivity contribution in [2.24, 2.45) is 5.73 Å². The van der Waals surface area contributed by atoms with Crippen LogP contribution in [0.25, 0.3) is 11.3 Å². The molecule has 1 amide bonds. The van der Waals surface area contributed by atoms with Crippen molar-refractivity contribution in [3.8, 4) is 11.3 Å². The largest absolute Gasteiger partial charge is 0.370 e. The molecule has 3 rings (SSSR count). The summed E-state index contributed by atoms with van der Waals surface area (Å²) in [6, 6.07) is 10.1. The molecule has 1 atom stereocenters. The summed E-state index contributed by atoms with van der Waals surface area (Å²) in [6.07, 6.45) is 0.365. The van der Waals surface area contributed by atoms with E-state index in [1.807, 2.05) is 18.2 Å². The lowest BCUT2D eigenvalue weighted by atomic mass is 10.2. The number of aromatic nitrogens is 1. The molecule has 22 heavy (non-hydrogen) atoms. The monoisotopic (exact) mass is 317 g/mol. The second-order valence-electron chi connectivity index (χ2n) is 5.31. The summed E-state index contributed by atoms with van der Waals surface area (Å²) < 4.78 is 5.84. The fraction of sp³-hybridized carbons (Fsp3) is 0.375. The first-order valence-corrected chi connectivity index (χ1v) is 8.23. The Morgan fingerprint density at radius 3 is 3.00 bits per heavy atom. The van der Waals surface area contributed by atoms with E-state index < -0.39 is 0 Å². The Hall–Kier alpha value is -1.76. The molecule has 1 aliphatic rings. The third-order valence-corrected chi connectivity index (χ3v) is 4.63. The number of carbonyl (C=O) groups is 1. The zero-order valence-corrected chi connectivity index (χ0v) is 13.1. The number of rotatable bonds is 5. The quantitative estimate of drug-likeness (QED) is 0.916. The predicted molar refractivity (Wildman–Crippen MR) is 86.5 cm³/mol. The topological polar surface area (TPSA) is 68.5 Å². The van der Waals surface area contributed by atoms with E-state index in [9.17, 15) is 4.79 Å². The van der Waals surface area contributed by atoms with Gasteiger partial charge in [-0.2, -0.15) is 0 Å². The maximum atomic E-state index is 10.9. The molecule has 2 aromatic rings. The number of nitrogens with two attached hydrogens (primary N) is 1. The van der Waals surface area contributed by atoms with E-state index in [1.54, 1.807) is 11.3 Å². The van der Waals surface area contributed by atoms with Crippen molar-refractivity contribution in [1.29, 1.82) is 0 Å². The lowest BCUT2D eigenvalue weighted by molar-refractivity contribution is -0.118. The van der Waals surface area contributed by atoms with E-state index in [4.69, 9.17) is 15.5 Å². The number of primary amides is 1. The van der Waals surface area contributed by atoms with Gasteiger partial charge in [0.25, 0.3) is 0 Å². The molecule has 0 saturated carbocycles. The Labute approximate surface area is 133 Å². The zero-order chi connectivity index (χ0) is 15.4. The SMILES string of the molecule is NC(=O)CCN1CCOC(c2nc(-c3ccccc3)cs2)C1. The first kappa shape index (κ1) is 15.1. The van der Waals surface area contributed by atoms with Crippen LogP contribution in [0.3, 0.4) is 0 Å². The van der Waals surface area contributed by atoms with E-state index in [-0.39, 0.29) is 12.0 Å². The Bertz CT molecular complexity index is 629. The van der Waals surface area contributed by atoms with Gasteiger partial charge < -0.3 is 10.5 Å². The van der Waals surface area contributed by atoms with Crippen LogP contribution < -0.4 is 5.73 Å². The van der Waals surface area contributed by atoms with Crippen LogP contribution in [0.15, 0.2) is 35.7 Å². The first-order valence-electron chi connectivity index (χ1n) is 7.35. The number of hydrogen-bond donors (Lipinski definition) is 1. The van der Waals surface area contributed by atoms with Crippen molar-refractivity contribution in [1.82, 2.24) is 9.88 Å². The van der Waals surface area contributed by atoms with E-state index in [0.717, 1.165) is 29.4 Å². The molecule has 116 valence electrons. The fourth-order valence-corrected chi connectivity index (χ4v) is 3.37. The fourth-order valence-electron chi connectivity index (χ4n) is 2.50. The van der Waals surface area contributed by atoms with Gasteiger partial charge in [0.1, 0.15) is 11.1 Å². The number of benzene rings is 1. The lowest BCUT2D eigenvalue weighted by Gasteiger charge is -2.31. The van der Waals surface area contributed by atoms with Gasteiger partial charge in [0.2, 0.25) is 5.91 Å². The number of morpholine rings is 1. The van der Waals surface area contributed by atoms with Crippen molar-refractivity contribution in [3.05, 3.63) is 40.7 Å². The number of hydrogen-bond acceptors (Lipinski definition) is 5. The minimum absolute atomic E-state index is 0.0240. The number of nitrogens with zero attached hydrogens (tertiary/aromatic N) is 2. The average molecular weight is 317 g/mol. The lowest BCUT2D eigenvalue weighted by Crippen LogP contribution is -2.39. The third kappa shape index (κ3) is 3.71. The number of thiazole rings is 1. The smallest absolute Gasteiger partial charge is 0.218 e. The van der Waals surface area contributed by atoms with Crippen molar-refractivity contribution in [2.75, 3.05) is 26.2 Å². The summed E-state index contributed by atoms with van der Waals surface area (Å²) in [6.45, 7) is 2.94. The molecule has 6 heteroatoms. The van der Waals surface area contributed by atoms with Gasteiger partial charge in [0.05, 0.1) is 12.3 Å². The third-order valence-electron chi connectivity index (χ3n) is 3.69. The minimum atomic E-state index is -0.261. The van der Waals surface area contributed by atoms with Crippen LogP contribution >= 0.6 is 11.3 Å². The summed E-state index contributed by atoms with van der Waals surface area (Å²) in [5.74, 6) is -0.261. The van der Waals surface area contributed by atoms with Crippen LogP contribution in [0.1, 0.15) is 17.5 Å². The first-order chi connectivity index (χ1) is 10.7. The normalized spacial score (nSPS) is 19.2. The average Bonchev–Trinajstić information content (AvgIpc) is 3.04. The maximum Gasteiger partial charge on any atom is 0.218 e. The van der Waals surface area contributed by atoms with Crippen LogP contribution in [-0.2, 0) is 9.53 Å². The molecule has 0 aliphatic carbocycles. The Morgan fingerprint density at radius 1 is 1.41 bits per heavy atom. The van der Waals surface area contributed by atoms with Crippen LogP contribution in [-0.4, -0.2) is 42.0 Å². The standard InChI is InChI=1S/C16H19N3O2S/c17-15(20)6-7-19-8-9-21-14(10-19)16-18-13(11-22-16)12-4-2-1-3-5-12/h1-5,11,14H,6-10H2,(H2,17,20). The highest BCUT2D eigenvalue weighted by molar-refractivity contribution is 7.10. The van der Waals surface area contributed by atoms with Gasteiger partial charge >= 0.3 is 0 Å². The molecule has 1 aliphatic heterocycles. The van der Waals surface area contributed by atoms with Crippen LogP contribution in [0.5, 0.6) is 0 Å². The molecule has 2 heterocycles. The number of ether oxygens (including phenoxy) is 1. The Kier molecular flexibility index (Phi) is 4.82.